The lowest BCUT2D eigenvalue weighted by molar-refractivity contribution is 0.413. The van der Waals surface area contributed by atoms with Crippen molar-refractivity contribution < 1.29 is 4.74 Å². The molecule has 1 aromatic rings. The van der Waals surface area contributed by atoms with Gasteiger partial charge in [-0.1, -0.05) is 72.0 Å². The van der Waals surface area contributed by atoms with Crippen LogP contribution in [-0.4, -0.2) is 7.11 Å². The minimum atomic E-state index is 0.887. The van der Waals surface area contributed by atoms with E-state index in [0.717, 1.165) is 5.75 Å². The van der Waals surface area contributed by atoms with Crippen molar-refractivity contribution in [2.45, 2.75) is 39.5 Å². The summed E-state index contributed by atoms with van der Waals surface area (Å²) >= 11 is 1.75. The molecule has 1 aromatic carbocycles. The van der Waals surface area contributed by atoms with Gasteiger partial charge in [0, 0.05) is 9.80 Å². The Labute approximate surface area is 163 Å². The summed E-state index contributed by atoms with van der Waals surface area (Å²) in [6, 6.07) is 6.17. The molecule has 0 amide bonds. The van der Waals surface area contributed by atoms with Gasteiger partial charge < -0.3 is 4.74 Å². The highest BCUT2D eigenvalue weighted by atomic mass is 32.2. The smallest absolute Gasteiger partial charge is 0.120 e. The summed E-state index contributed by atoms with van der Waals surface area (Å²) in [6.07, 6.45) is 19.0. The van der Waals surface area contributed by atoms with Crippen LogP contribution in [0.1, 0.15) is 33.3 Å². The zero-order chi connectivity index (χ0) is 19.4. The molecule has 0 spiro atoms. The third-order valence-corrected chi connectivity index (χ3v) is 5.16. The number of allylic oxidation sites excluding steroid dienone is 11. The zero-order valence-electron chi connectivity index (χ0n) is 16.7. The Morgan fingerprint density at radius 1 is 0.923 bits per heavy atom. The zero-order valence-corrected chi connectivity index (χ0v) is 17.6. The minimum Gasteiger partial charge on any atom is -0.497 e. The van der Waals surface area contributed by atoms with E-state index in [1.807, 2.05) is 13.0 Å². The average molecular weight is 367 g/mol. The van der Waals surface area contributed by atoms with Gasteiger partial charge in [0.1, 0.15) is 5.75 Å². The molecule has 0 unspecified atom stereocenters. The van der Waals surface area contributed by atoms with Crippen LogP contribution in [0.4, 0.5) is 0 Å². The maximum atomic E-state index is 5.33. The van der Waals surface area contributed by atoms with Crippen molar-refractivity contribution in [3.63, 3.8) is 0 Å². The molecule has 0 bridgehead atoms. The highest BCUT2D eigenvalue weighted by Crippen LogP contribution is 2.32. The van der Waals surface area contributed by atoms with Crippen molar-refractivity contribution in [1.29, 1.82) is 0 Å². The van der Waals surface area contributed by atoms with Gasteiger partial charge in [-0.25, -0.2) is 0 Å². The highest BCUT2D eigenvalue weighted by molar-refractivity contribution is 8.03. The van der Waals surface area contributed by atoms with E-state index in [2.05, 4.69) is 94.5 Å². The summed E-state index contributed by atoms with van der Waals surface area (Å²) in [5.41, 5.74) is 3.70. The molecule has 0 saturated carbocycles. The second-order valence-corrected chi connectivity index (χ2v) is 6.91. The monoisotopic (exact) mass is 366 g/mol. The quantitative estimate of drug-likeness (QED) is 0.346. The summed E-state index contributed by atoms with van der Waals surface area (Å²) in [5.74, 6) is 0.887. The number of rotatable bonds is 8. The third kappa shape index (κ3) is 7.79. The van der Waals surface area contributed by atoms with Crippen LogP contribution in [0.3, 0.4) is 0 Å². The lowest BCUT2D eigenvalue weighted by Crippen LogP contribution is -1.85. The lowest BCUT2D eigenvalue weighted by Gasteiger charge is -2.08. The van der Waals surface area contributed by atoms with Crippen molar-refractivity contribution in [1.82, 2.24) is 0 Å². The normalized spacial score (nSPS) is 14.2. The van der Waals surface area contributed by atoms with Crippen molar-refractivity contribution >= 4 is 11.8 Å². The van der Waals surface area contributed by atoms with Crippen LogP contribution in [0.5, 0.6) is 5.75 Å². The van der Waals surface area contributed by atoms with Crippen LogP contribution < -0.4 is 4.74 Å². The molecule has 2 heteroatoms. The summed E-state index contributed by atoms with van der Waals surface area (Å²) in [6.45, 7) is 10.4. The molecule has 0 atom stereocenters. The number of benzene rings is 1. The Balaban J connectivity index is 2.78. The Morgan fingerprint density at radius 3 is 2.27 bits per heavy atom. The maximum absolute atomic E-state index is 5.33. The predicted octanol–water partition coefficient (Wildman–Crippen LogP) is 7.58. The van der Waals surface area contributed by atoms with Crippen molar-refractivity contribution in [3.05, 3.63) is 94.5 Å². The van der Waals surface area contributed by atoms with Crippen molar-refractivity contribution in [2.24, 2.45) is 0 Å². The first kappa shape index (κ1) is 21.9. The van der Waals surface area contributed by atoms with E-state index in [1.165, 1.54) is 26.5 Å². The van der Waals surface area contributed by atoms with E-state index in [9.17, 15) is 0 Å². The first-order valence-corrected chi connectivity index (χ1v) is 9.66. The van der Waals surface area contributed by atoms with E-state index in [4.69, 9.17) is 4.74 Å². The fourth-order valence-electron chi connectivity index (χ4n) is 2.02. The number of hydrogen-bond donors (Lipinski definition) is 0. The molecular formula is C24H30OS. The van der Waals surface area contributed by atoms with E-state index >= 15 is 0 Å². The molecule has 1 rings (SSSR count). The summed E-state index contributed by atoms with van der Waals surface area (Å²) in [5, 5.41) is 0. The fourth-order valence-corrected chi connectivity index (χ4v) is 2.94. The van der Waals surface area contributed by atoms with Crippen LogP contribution in [0.15, 0.2) is 93.8 Å². The van der Waals surface area contributed by atoms with Crippen LogP contribution in [0.2, 0.25) is 0 Å². The summed E-state index contributed by atoms with van der Waals surface area (Å²) < 4.78 is 5.33. The molecule has 138 valence electrons. The fraction of sp³-hybridized carbons (Fsp3) is 0.250. The average Bonchev–Trinajstić information content (AvgIpc) is 2.67. The molecule has 0 aliphatic carbocycles. The minimum absolute atomic E-state index is 0.887. The number of ether oxygens (including phenoxy) is 1. The topological polar surface area (TPSA) is 9.23 Å². The van der Waals surface area contributed by atoms with E-state index in [1.54, 1.807) is 18.9 Å². The Bertz CT molecular complexity index is 758. The van der Waals surface area contributed by atoms with Gasteiger partial charge in [0.15, 0.2) is 0 Å². The van der Waals surface area contributed by atoms with Gasteiger partial charge in [-0.05, 0) is 64.0 Å². The van der Waals surface area contributed by atoms with Gasteiger partial charge >= 0.3 is 0 Å². The number of thioether (sulfide) groups is 1. The molecule has 0 aliphatic heterocycles. The van der Waals surface area contributed by atoms with Gasteiger partial charge in [0.25, 0.3) is 0 Å². The van der Waals surface area contributed by atoms with Crippen LogP contribution in [0.25, 0.3) is 0 Å². The number of hydrogen-bond acceptors (Lipinski definition) is 2. The molecule has 0 saturated heterocycles. The van der Waals surface area contributed by atoms with E-state index < -0.39 is 0 Å². The van der Waals surface area contributed by atoms with Crippen molar-refractivity contribution in [3.8, 4) is 5.75 Å². The van der Waals surface area contributed by atoms with Gasteiger partial charge in [-0.15, -0.1) is 0 Å². The second-order valence-electron chi connectivity index (χ2n) is 5.80. The Hall–Kier alpha value is -2.19. The van der Waals surface area contributed by atoms with Crippen LogP contribution in [-0.2, 0) is 0 Å². The Morgan fingerprint density at radius 2 is 1.65 bits per heavy atom. The Kier molecular flexibility index (Phi) is 10.3. The van der Waals surface area contributed by atoms with Gasteiger partial charge in [-0.2, -0.15) is 0 Å². The number of aryl methyl sites for hydroxylation is 1. The van der Waals surface area contributed by atoms with Crippen LogP contribution >= 0.6 is 11.8 Å². The number of methoxy groups -OCH3 is 1. The SMILES string of the molecule is C\C=C(C)/C=C\C(=C/C)\C=C\C=C\C(=C\C)Sc1cc(OC)ccc1C. The molecule has 0 aromatic heterocycles. The first-order chi connectivity index (χ1) is 12.5. The van der Waals surface area contributed by atoms with E-state index in [-0.39, 0.29) is 0 Å². The lowest BCUT2D eigenvalue weighted by atomic mass is 10.1. The highest BCUT2D eigenvalue weighted by Gasteiger charge is 2.03. The van der Waals surface area contributed by atoms with E-state index in [0.29, 0.717) is 0 Å². The van der Waals surface area contributed by atoms with Crippen molar-refractivity contribution in [2.75, 3.05) is 7.11 Å². The van der Waals surface area contributed by atoms with Gasteiger partial charge in [0.2, 0.25) is 0 Å². The summed E-state index contributed by atoms with van der Waals surface area (Å²) in [7, 11) is 1.70. The first-order valence-electron chi connectivity index (χ1n) is 8.84. The molecule has 0 fully saturated rings. The van der Waals surface area contributed by atoms with Crippen LogP contribution in [0, 0.1) is 6.92 Å². The maximum Gasteiger partial charge on any atom is 0.120 e. The third-order valence-electron chi connectivity index (χ3n) is 3.90. The summed E-state index contributed by atoms with van der Waals surface area (Å²) in [4.78, 5) is 2.42. The molecule has 0 heterocycles. The molecule has 0 N–H and O–H groups in total. The largest absolute Gasteiger partial charge is 0.497 e. The molecule has 1 nitrogen and oxygen atoms in total. The molecular weight excluding hydrogens is 336 g/mol. The van der Waals surface area contributed by atoms with Gasteiger partial charge in [0.05, 0.1) is 7.11 Å². The second kappa shape index (κ2) is 12.2. The molecule has 0 radical (unpaired) electrons. The molecule has 26 heavy (non-hydrogen) atoms. The predicted molar refractivity (Wildman–Crippen MR) is 118 cm³/mol. The molecule has 0 aliphatic rings. The van der Waals surface area contributed by atoms with Gasteiger partial charge in [-0.3, -0.25) is 0 Å². The standard InChI is InChI=1S/C24H30OS/c1-7-19(4)14-16-21(8-2)12-10-11-13-23(9-3)26-24-18-22(25-6)17-15-20(24)5/h7-18H,1-6H3/b12-10+,13-11+,16-14-,19-7-,21-8-,23-9-.